The molecule has 0 bridgehead atoms. The van der Waals surface area contributed by atoms with Crippen LogP contribution in [0.2, 0.25) is 0 Å². The fraction of sp³-hybridized carbons (Fsp3) is 0.583. The highest BCUT2D eigenvalue weighted by Gasteiger charge is 2.04. The van der Waals surface area contributed by atoms with E-state index in [0.717, 1.165) is 11.0 Å². The van der Waals surface area contributed by atoms with Crippen molar-refractivity contribution in [3.05, 3.63) is 20.3 Å². The zero-order valence-electron chi connectivity index (χ0n) is 10.5. The summed E-state index contributed by atoms with van der Waals surface area (Å²) < 4.78 is 1.16. The Kier molecular flexibility index (Phi) is 6.16. The molecule has 1 heterocycles. The number of carbonyl (C=O) groups is 1. The van der Waals surface area contributed by atoms with Crippen LogP contribution in [0.25, 0.3) is 0 Å². The molecule has 2 N–H and O–H groups in total. The number of nitrogens with one attached hydrogen (secondary N) is 2. The lowest BCUT2D eigenvalue weighted by Gasteiger charge is -2.08. The largest absolute Gasteiger partial charge is 0.354 e. The maximum atomic E-state index is 11.4. The number of thiophene rings is 1. The van der Waals surface area contributed by atoms with Gasteiger partial charge in [0.2, 0.25) is 5.91 Å². The van der Waals surface area contributed by atoms with Crippen molar-refractivity contribution in [1.82, 2.24) is 10.6 Å². The van der Waals surface area contributed by atoms with Gasteiger partial charge in [0.25, 0.3) is 0 Å². The number of carbonyl (C=O) groups excluding carboxylic acids is 1. The molecule has 5 heteroatoms. The number of hydrogen-bond donors (Lipinski definition) is 2. The first-order valence-corrected chi connectivity index (χ1v) is 7.35. The molecule has 0 atom stereocenters. The zero-order chi connectivity index (χ0) is 12.8. The average Bonchev–Trinajstić information content (AvgIpc) is 2.52. The molecule has 0 spiro atoms. The molecule has 1 aromatic heterocycles. The molecule has 17 heavy (non-hydrogen) atoms. The smallest absolute Gasteiger partial charge is 0.221 e. The Hall–Kier alpha value is -0.390. The van der Waals surface area contributed by atoms with E-state index in [9.17, 15) is 4.79 Å². The number of halogens is 1. The quantitative estimate of drug-likeness (QED) is 0.792. The summed E-state index contributed by atoms with van der Waals surface area (Å²) in [6.07, 6.45) is 0.531. The molecular formula is C12H19BrN2OS. The first-order chi connectivity index (χ1) is 7.99. The second-order valence-corrected chi connectivity index (χ2v) is 6.46. The molecular weight excluding hydrogens is 300 g/mol. The van der Waals surface area contributed by atoms with Gasteiger partial charge in [-0.1, -0.05) is 0 Å². The summed E-state index contributed by atoms with van der Waals surface area (Å²) in [6, 6.07) is 2.35. The van der Waals surface area contributed by atoms with E-state index < -0.39 is 0 Å². The van der Waals surface area contributed by atoms with Gasteiger partial charge in [0.1, 0.15) is 0 Å². The van der Waals surface area contributed by atoms with Crippen molar-refractivity contribution in [2.45, 2.75) is 39.8 Å². The van der Waals surface area contributed by atoms with Crippen LogP contribution in [0.4, 0.5) is 0 Å². The van der Waals surface area contributed by atoms with Crippen LogP contribution < -0.4 is 10.6 Å². The number of aryl methyl sites for hydroxylation is 1. The molecule has 96 valence electrons. The Labute approximate surface area is 115 Å². The van der Waals surface area contributed by atoms with Crippen LogP contribution in [0, 0.1) is 6.92 Å². The molecule has 0 aliphatic heterocycles. The topological polar surface area (TPSA) is 41.1 Å². The third-order valence-corrected chi connectivity index (χ3v) is 4.32. The second-order valence-electron chi connectivity index (χ2n) is 4.27. The molecule has 0 fully saturated rings. The van der Waals surface area contributed by atoms with Crippen molar-refractivity contribution in [1.29, 1.82) is 0 Å². The first kappa shape index (κ1) is 14.7. The highest BCUT2D eigenvalue weighted by Crippen LogP contribution is 2.25. The van der Waals surface area contributed by atoms with Crippen LogP contribution in [-0.4, -0.2) is 18.5 Å². The lowest BCUT2D eigenvalue weighted by Crippen LogP contribution is -2.32. The highest BCUT2D eigenvalue weighted by atomic mass is 79.9. The van der Waals surface area contributed by atoms with E-state index in [1.54, 1.807) is 11.3 Å². The fourth-order valence-electron chi connectivity index (χ4n) is 1.41. The molecule has 0 unspecified atom stereocenters. The molecule has 3 nitrogen and oxygen atoms in total. The van der Waals surface area contributed by atoms with E-state index in [-0.39, 0.29) is 11.9 Å². The van der Waals surface area contributed by atoms with Gasteiger partial charge < -0.3 is 10.6 Å². The van der Waals surface area contributed by atoms with E-state index >= 15 is 0 Å². The maximum Gasteiger partial charge on any atom is 0.221 e. The van der Waals surface area contributed by atoms with Crippen molar-refractivity contribution >= 4 is 33.2 Å². The molecule has 0 saturated heterocycles. The van der Waals surface area contributed by atoms with Crippen LogP contribution in [0.15, 0.2) is 10.5 Å². The average molecular weight is 319 g/mol. The van der Waals surface area contributed by atoms with Gasteiger partial charge in [-0.15, -0.1) is 11.3 Å². The Balaban J connectivity index is 2.18. The molecule has 0 saturated carbocycles. The SMILES string of the molecule is Cc1sc(CNCCC(=O)NC(C)C)cc1Br. The first-order valence-electron chi connectivity index (χ1n) is 5.74. The van der Waals surface area contributed by atoms with Crippen molar-refractivity contribution in [2.24, 2.45) is 0 Å². The summed E-state index contributed by atoms with van der Waals surface area (Å²) in [5.74, 6) is 0.107. The van der Waals surface area contributed by atoms with Crippen molar-refractivity contribution in [2.75, 3.05) is 6.54 Å². The van der Waals surface area contributed by atoms with Crippen molar-refractivity contribution in [3.63, 3.8) is 0 Å². The zero-order valence-corrected chi connectivity index (χ0v) is 12.9. The van der Waals surface area contributed by atoms with Gasteiger partial charge in [0.05, 0.1) is 0 Å². The van der Waals surface area contributed by atoms with Crippen molar-refractivity contribution < 1.29 is 4.79 Å². The van der Waals surface area contributed by atoms with E-state index in [4.69, 9.17) is 0 Å². The van der Waals surface area contributed by atoms with E-state index in [0.29, 0.717) is 13.0 Å². The molecule has 1 amide bonds. The molecule has 0 aromatic carbocycles. The van der Waals surface area contributed by atoms with Crippen molar-refractivity contribution in [3.8, 4) is 0 Å². The predicted molar refractivity (Wildman–Crippen MR) is 76.4 cm³/mol. The lowest BCUT2D eigenvalue weighted by molar-refractivity contribution is -0.121. The molecule has 1 aromatic rings. The van der Waals surface area contributed by atoms with Gasteiger partial charge in [-0.2, -0.15) is 0 Å². The standard InChI is InChI=1S/C12H19BrN2OS/c1-8(2)15-12(16)4-5-14-7-10-6-11(13)9(3)17-10/h6,8,14H,4-5,7H2,1-3H3,(H,15,16). The van der Waals surface area contributed by atoms with Crippen LogP contribution in [0.3, 0.4) is 0 Å². The summed E-state index contributed by atoms with van der Waals surface area (Å²) in [7, 11) is 0. The number of amides is 1. The van der Waals surface area contributed by atoms with Crippen LogP contribution in [0.1, 0.15) is 30.0 Å². The summed E-state index contributed by atoms with van der Waals surface area (Å²) in [6.45, 7) is 7.57. The third-order valence-electron chi connectivity index (χ3n) is 2.19. The Morgan fingerprint density at radius 1 is 1.53 bits per heavy atom. The Morgan fingerprint density at radius 3 is 2.76 bits per heavy atom. The van der Waals surface area contributed by atoms with Gasteiger partial charge >= 0.3 is 0 Å². The van der Waals surface area contributed by atoms with Gasteiger partial charge in [0, 0.05) is 39.8 Å². The van der Waals surface area contributed by atoms with E-state index in [1.807, 2.05) is 13.8 Å². The monoisotopic (exact) mass is 318 g/mol. The summed E-state index contributed by atoms with van der Waals surface area (Å²) in [5, 5.41) is 6.15. The summed E-state index contributed by atoms with van der Waals surface area (Å²) >= 11 is 5.27. The van der Waals surface area contributed by atoms with E-state index in [1.165, 1.54) is 9.75 Å². The predicted octanol–water partition coefficient (Wildman–Crippen LogP) is 2.82. The summed E-state index contributed by atoms with van der Waals surface area (Å²) in [4.78, 5) is 13.9. The van der Waals surface area contributed by atoms with Crippen LogP contribution in [0.5, 0.6) is 0 Å². The van der Waals surface area contributed by atoms with Gasteiger partial charge in [-0.05, 0) is 42.8 Å². The minimum Gasteiger partial charge on any atom is -0.354 e. The lowest BCUT2D eigenvalue weighted by atomic mass is 10.3. The van der Waals surface area contributed by atoms with E-state index in [2.05, 4.69) is 39.6 Å². The normalized spacial score (nSPS) is 10.9. The minimum atomic E-state index is 0.107. The molecule has 1 rings (SSSR count). The number of hydrogen-bond acceptors (Lipinski definition) is 3. The summed E-state index contributed by atoms with van der Waals surface area (Å²) in [5.41, 5.74) is 0. The van der Waals surface area contributed by atoms with Crippen LogP contribution in [-0.2, 0) is 11.3 Å². The highest BCUT2D eigenvalue weighted by molar-refractivity contribution is 9.10. The van der Waals surface area contributed by atoms with Gasteiger partial charge in [-0.25, -0.2) is 0 Å². The Morgan fingerprint density at radius 2 is 2.24 bits per heavy atom. The second kappa shape index (κ2) is 7.13. The number of rotatable bonds is 6. The minimum absolute atomic E-state index is 0.107. The molecule has 0 radical (unpaired) electrons. The third kappa shape index (κ3) is 5.66. The fourth-order valence-corrected chi connectivity index (χ4v) is 2.98. The van der Waals surface area contributed by atoms with Gasteiger partial charge in [-0.3, -0.25) is 4.79 Å². The van der Waals surface area contributed by atoms with Crippen LogP contribution >= 0.6 is 27.3 Å². The van der Waals surface area contributed by atoms with Gasteiger partial charge in [0.15, 0.2) is 0 Å². The molecule has 0 aliphatic carbocycles. The maximum absolute atomic E-state index is 11.4. The molecule has 0 aliphatic rings. The Bertz CT molecular complexity index is 357.